The van der Waals surface area contributed by atoms with Gasteiger partial charge in [0.05, 0.1) is 12.1 Å². The van der Waals surface area contributed by atoms with E-state index >= 15 is 0 Å². The van der Waals surface area contributed by atoms with Gasteiger partial charge in [0, 0.05) is 4.47 Å². The Morgan fingerprint density at radius 3 is 2.50 bits per heavy atom. The van der Waals surface area contributed by atoms with Gasteiger partial charge >= 0.3 is 0 Å². The van der Waals surface area contributed by atoms with Crippen LogP contribution in [-0.4, -0.2) is 5.91 Å². The number of hydrogen-bond donors (Lipinski definition) is 1. The van der Waals surface area contributed by atoms with Crippen LogP contribution in [0.15, 0.2) is 28.7 Å². The maximum absolute atomic E-state index is 12.0. The molecule has 0 aliphatic heterocycles. The molecule has 0 radical (unpaired) electrons. The molecule has 0 aromatic heterocycles. The zero-order chi connectivity index (χ0) is 13.8. The molecule has 1 N–H and O–H groups in total. The first kappa shape index (κ1) is 14.7. The normalized spacial score (nSPS) is 15.3. The monoisotopic (exact) mass is 308 g/mol. The highest BCUT2D eigenvalue weighted by atomic mass is 79.9. The molecule has 0 heterocycles. The minimum absolute atomic E-state index is 0.107. The van der Waals surface area contributed by atoms with Crippen molar-refractivity contribution in [3.05, 3.63) is 34.3 Å². The van der Waals surface area contributed by atoms with E-state index in [1.54, 1.807) is 6.92 Å². The first-order valence-corrected chi connectivity index (χ1v) is 6.70. The van der Waals surface area contributed by atoms with Gasteiger partial charge in [-0.05, 0) is 38.0 Å². The van der Waals surface area contributed by atoms with Gasteiger partial charge in [0.1, 0.15) is 5.41 Å². The van der Waals surface area contributed by atoms with E-state index in [1.807, 2.05) is 38.1 Å². The van der Waals surface area contributed by atoms with Crippen molar-refractivity contribution in [1.82, 2.24) is 5.32 Å². The molecule has 1 amide bonds. The number of amides is 1. The first-order valence-electron chi connectivity index (χ1n) is 5.90. The number of carbonyl (C=O) groups excluding carboxylic acids is 1. The van der Waals surface area contributed by atoms with Crippen molar-refractivity contribution in [2.45, 2.75) is 33.2 Å². The van der Waals surface area contributed by atoms with Crippen LogP contribution in [0.1, 0.15) is 38.8 Å². The van der Waals surface area contributed by atoms with Crippen LogP contribution in [0.3, 0.4) is 0 Å². The summed E-state index contributed by atoms with van der Waals surface area (Å²) in [5, 5.41) is 11.9. The van der Waals surface area contributed by atoms with Crippen LogP contribution in [0.25, 0.3) is 0 Å². The highest BCUT2D eigenvalue weighted by Gasteiger charge is 2.32. The fourth-order valence-electron chi connectivity index (χ4n) is 1.48. The third kappa shape index (κ3) is 3.33. The lowest BCUT2D eigenvalue weighted by Gasteiger charge is -2.22. The molecule has 1 aromatic carbocycles. The summed E-state index contributed by atoms with van der Waals surface area (Å²) < 4.78 is 1.00. The molecule has 3 nitrogen and oxygen atoms in total. The molecule has 0 spiro atoms. The van der Waals surface area contributed by atoms with Gasteiger partial charge < -0.3 is 5.32 Å². The van der Waals surface area contributed by atoms with Crippen LogP contribution < -0.4 is 5.32 Å². The fourth-order valence-corrected chi connectivity index (χ4v) is 1.75. The number of hydrogen-bond acceptors (Lipinski definition) is 2. The van der Waals surface area contributed by atoms with Crippen molar-refractivity contribution in [3.8, 4) is 6.07 Å². The largest absolute Gasteiger partial charge is 0.348 e. The van der Waals surface area contributed by atoms with Crippen LogP contribution in [0.4, 0.5) is 0 Å². The van der Waals surface area contributed by atoms with Crippen LogP contribution in [0, 0.1) is 16.7 Å². The lowest BCUT2D eigenvalue weighted by atomic mass is 9.88. The van der Waals surface area contributed by atoms with Gasteiger partial charge in [-0.3, -0.25) is 4.79 Å². The van der Waals surface area contributed by atoms with Gasteiger partial charge in [-0.1, -0.05) is 35.0 Å². The fraction of sp³-hybridized carbons (Fsp3) is 0.429. The number of nitriles is 1. The van der Waals surface area contributed by atoms with Crippen LogP contribution in [0.5, 0.6) is 0 Å². The molecule has 1 aromatic rings. The average Bonchev–Trinajstić information content (AvgIpc) is 2.38. The van der Waals surface area contributed by atoms with Gasteiger partial charge in [0.25, 0.3) is 0 Å². The summed E-state index contributed by atoms with van der Waals surface area (Å²) in [6, 6.07) is 9.73. The number of halogens is 1. The standard InChI is InChI=1S/C14H17BrN2O/c1-4-14(3,9-16)13(18)17-10(2)11-5-7-12(15)8-6-11/h5-8,10H,4H2,1-3H3,(H,17,18)/t10-,14?/m0/s1. The Hall–Kier alpha value is -1.34. The van der Waals surface area contributed by atoms with E-state index in [-0.39, 0.29) is 11.9 Å². The van der Waals surface area contributed by atoms with Crippen LogP contribution in [0.2, 0.25) is 0 Å². The summed E-state index contributed by atoms with van der Waals surface area (Å²) in [5.74, 6) is -0.220. The average molecular weight is 309 g/mol. The van der Waals surface area contributed by atoms with E-state index in [1.165, 1.54) is 0 Å². The van der Waals surface area contributed by atoms with Crippen molar-refractivity contribution >= 4 is 21.8 Å². The molecule has 1 rings (SSSR count). The number of rotatable bonds is 4. The quantitative estimate of drug-likeness (QED) is 0.924. The minimum atomic E-state index is -0.955. The zero-order valence-corrected chi connectivity index (χ0v) is 12.4. The number of nitrogens with zero attached hydrogens (tertiary/aromatic N) is 1. The van der Waals surface area contributed by atoms with E-state index < -0.39 is 5.41 Å². The van der Waals surface area contributed by atoms with Crippen LogP contribution >= 0.6 is 15.9 Å². The highest BCUT2D eigenvalue weighted by molar-refractivity contribution is 9.10. The van der Waals surface area contributed by atoms with Crippen molar-refractivity contribution in [1.29, 1.82) is 5.26 Å². The second kappa shape index (κ2) is 6.01. The molecule has 1 unspecified atom stereocenters. The van der Waals surface area contributed by atoms with E-state index in [9.17, 15) is 4.79 Å². The van der Waals surface area contributed by atoms with Crippen molar-refractivity contribution < 1.29 is 4.79 Å². The van der Waals surface area contributed by atoms with Crippen molar-refractivity contribution in [2.75, 3.05) is 0 Å². The second-order valence-corrected chi connectivity index (χ2v) is 5.46. The Balaban J connectivity index is 2.77. The predicted octanol–water partition coefficient (Wildman–Crippen LogP) is 3.57. The number of nitrogens with one attached hydrogen (secondary N) is 1. The summed E-state index contributed by atoms with van der Waals surface area (Å²) in [4.78, 5) is 12.0. The summed E-state index contributed by atoms with van der Waals surface area (Å²) >= 11 is 3.37. The Bertz CT molecular complexity index is 464. The Morgan fingerprint density at radius 2 is 2.06 bits per heavy atom. The molecule has 0 bridgehead atoms. The van der Waals surface area contributed by atoms with Gasteiger partial charge in [-0.15, -0.1) is 0 Å². The molecule has 0 aliphatic carbocycles. The lowest BCUT2D eigenvalue weighted by Crippen LogP contribution is -2.38. The van der Waals surface area contributed by atoms with Crippen molar-refractivity contribution in [2.24, 2.45) is 5.41 Å². The summed E-state index contributed by atoms with van der Waals surface area (Å²) in [6.45, 7) is 5.42. The number of carbonyl (C=O) groups is 1. The molecule has 0 saturated heterocycles. The van der Waals surface area contributed by atoms with Crippen LogP contribution in [-0.2, 0) is 4.79 Å². The summed E-state index contributed by atoms with van der Waals surface area (Å²) in [6.07, 6.45) is 0.502. The maximum Gasteiger partial charge on any atom is 0.240 e. The summed E-state index contributed by atoms with van der Waals surface area (Å²) in [5.41, 5.74) is 0.0619. The molecule has 18 heavy (non-hydrogen) atoms. The van der Waals surface area contributed by atoms with E-state index in [0.29, 0.717) is 6.42 Å². The SMILES string of the molecule is CCC(C)(C#N)C(=O)N[C@@H](C)c1ccc(Br)cc1. The molecular weight excluding hydrogens is 292 g/mol. The summed E-state index contributed by atoms with van der Waals surface area (Å²) in [7, 11) is 0. The molecule has 4 heteroatoms. The third-order valence-corrected chi connectivity index (χ3v) is 3.70. The Kier molecular flexibility index (Phi) is 4.92. The van der Waals surface area contributed by atoms with Gasteiger partial charge in [-0.25, -0.2) is 0 Å². The molecule has 0 aliphatic rings. The minimum Gasteiger partial charge on any atom is -0.348 e. The smallest absolute Gasteiger partial charge is 0.240 e. The lowest BCUT2D eigenvalue weighted by molar-refractivity contribution is -0.128. The molecule has 2 atom stereocenters. The second-order valence-electron chi connectivity index (χ2n) is 4.54. The molecule has 0 fully saturated rings. The Labute approximate surface area is 116 Å². The zero-order valence-electron chi connectivity index (χ0n) is 10.8. The molecule has 0 saturated carbocycles. The first-order chi connectivity index (χ1) is 8.42. The Morgan fingerprint density at radius 1 is 1.50 bits per heavy atom. The van der Waals surface area contributed by atoms with Gasteiger partial charge in [-0.2, -0.15) is 5.26 Å². The third-order valence-electron chi connectivity index (χ3n) is 3.17. The highest BCUT2D eigenvalue weighted by Crippen LogP contribution is 2.22. The topological polar surface area (TPSA) is 52.9 Å². The molecular formula is C14H17BrN2O. The number of benzene rings is 1. The van der Waals surface area contributed by atoms with Gasteiger partial charge in [0.15, 0.2) is 0 Å². The van der Waals surface area contributed by atoms with Gasteiger partial charge in [0.2, 0.25) is 5.91 Å². The molecule has 96 valence electrons. The van der Waals surface area contributed by atoms with E-state index in [2.05, 4.69) is 27.3 Å². The van der Waals surface area contributed by atoms with E-state index in [0.717, 1.165) is 10.0 Å². The van der Waals surface area contributed by atoms with Crippen molar-refractivity contribution in [3.63, 3.8) is 0 Å². The predicted molar refractivity (Wildman–Crippen MR) is 74.7 cm³/mol. The van der Waals surface area contributed by atoms with E-state index in [4.69, 9.17) is 5.26 Å². The maximum atomic E-state index is 12.0.